The van der Waals surface area contributed by atoms with Crippen LogP contribution < -0.4 is 0 Å². The van der Waals surface area contributed by atoms with Crippen LogP contribution in [0.5, 0.6) is 0 Å². The highest BCUT2D eigenvalue weighted by Crippen LogP contribution is 2.04. The van der Waals surface area contributed by atoms with Crippen LogP contribution in [0.3, 0.4) is 0 Å². The SMILES string of the molecule is CC(CCC#CCc1ccccc1)C(=O)O. The van der Waals surface area contributed by atoms with Crippen molar-refractivity contribution in [3.05, 3.63) is 35.9 Å². The average Bonchev–Trinajstić information content (AvgIpc) is 2.29. The zero-order chi connectivity index (χ0) is 11.8. The van der Waals surface area contributed by atoms with E-state index in [0.29, 0.717) is 12.8 Å². The predicted octanol–water partition coefficient (Wildman–Crippen LogP) is 2.73. The fourth-order valence-electron chi connectivity index (χ4n) is 1.26. The van der Waals surface area contributed by atoms with Crippen LogP contribution in [-0.2, 0) is 11.2 Å². The molecule has 0 fully saturated rings. The summed E-state index contributed by atoms with van der Waals surface area (Å²) in [5.74, 6) is 5.01. The number of aliphatic carboxylic acids is 1. The Morgan fingerprint density at radius 2 is 2.00 bits per heavy atom. The summed E-state index contributed by atoms with van der Waals surface area (Å²) >= 11 is 0. The van der Waals surface area contributed by atoms with Gasteiger partial charge in [0.15, 0.2) is 0 Å². The molecule has 0 spiro atoms. The number of carboxylic acid groups (broad SMARTS) is 1. The molecule has 0 aliphatic carbocycles. The molecule has 0 aliphatic heterocycles. The molecule has 1 unspecified atom stereocenters. The molecule has 2 nitrogen and oxygen atoms in total. The van der Waals surface area contributed by atoms with Crippen molar-refractivity contribution in [2.24, 2.45) is 5.92 Å². The summed E-state index contributed by atoms with van der Waals surface area (Å²) in [5.41, 5.74) is 1.20. The summed E-state index contributed by atoms with van der Waals surface area (Å²) in [5, 5.41) is 8.67. The predicted molar refractivity (Wildman–Crippen MR) is 64.0 cm³/mol. The van der Waals surface area contributed by atoms with Gasteiger partial charge in [0, 0.05) is 12.8 Å². The van der Waals surface area contributed by atoms with Crippen LogP contribution in [0.15, 0.2) is 30.3 Å². The van der Waals surface area contributed by atoms with Gasteiger partial charge < -0.3 is 5.11 Å². The van der Waals surface area contributed by atoms with Crippen LogP contribution in [0.25, 0.3) is 0 Å². The monoisotopic (exact) mass is 216 g/mol. The Hall–Kier alpha value is -1.75. The third kappa shape index (κ3) is 4.65. The average molecular weight is 216 g/mol. The van der Waals surface area contributed by atoms with E-state index in [1.54, 1.807) is 6.92 Å². The maximum Gasteiger partial charge on any atom is 0.306 e. The van der Waals surface area contributed by atoms with E-state index in [9.17, 15) is 4.79 Å². The van der Waals surface area contributed by atoms with Gasteiger partial charge in [-0.1, -0.05) is 43.2 Å². The second kappa shape index (κ2) is 6.68. The van der Waals surface area contributed by atoms with Crippen LogP contribution in [0, 0.1) is 17.8 Å². The molecule has 0 radical (unpaired) electrons. The second-order valence-corrected chi connectivity index (χ2v) is 3.79. The number of carboxylic acids is 1. The van der Waals surface area contributed by atoms with Gasteiger partial charge in [0.1, 0.15) is 0 Å². The first kappa shape index (κ1) is 12.3. The molecule has 1 aromatic rings. The highest BCUT2D eigenvalue weighted by atomic mass is 16.4. The van der Waals surface area contributed by atoms with E-state index < -0.39 is 5.97 Å². The van der Waals surface area contributed by atoms with Crippen molar-refractivity contribution in [3.63, 3.8) is 0 Å². The molecule has 2 heteroatoms. The highest BCUT2D eigenvalue weighted by Gasteiger charge is 2.08. The lowest BCUT2D eigenvalue weighted by Crippen LogP contribution is -2.08. The van der Waals surface area contributed by atoms with Crippen molar-refractivity contribution in [3.8, 4) is 11.8 Å². The molecular weight excluding hydrogens is 200 g/mol. The lowest BCUT2D eigenvalue weighted by atomic mass is 10.1. The highest BCUT2D eigenvalue weighted by molar-refractivity contribution is 5.69. The number of rotatable bonds is 4. The molecule has 0 aromatic heterocycles. The van der Waals surface area contributed by atoms with E-state index in [1.165, 1.54) is 5.56 Å². The molecule has 1 atom stereocenters. The number of hydrogen-bond acceptors (Lipinski definition) is 1. The van der Waals surface area contributed by atoms with Crippen LogP contribution in [0.1, 0.15) is 25.3 Å². The summed E-state index contributed by atoms with van der Waals surface area (Å²) in [6.07, 6.45) is 2.01. The third-order valence-corrected chi connectivity index (χ3v) is 2.38. The molecule has 0 saturated carbocycles. The molecule has 1 rings (SSSR count). The minimum atomic E-state index is -0.746. The first-order valence-corrected chi connectivity index (χ1v) is 5.42. The molecule has 0 amide bonds. The summed E-state index contributed by atoms with van der Waals surface area (Å²) < 4.78 is 0. The maximum atomic E-state index is 10.5. The fraction of sp³-hybridized carbons (Fsp3) is 0.357. The lowest BCUT2D eigenvalue weighted by Gasteiger charge is -2.00. The molecule has 0 heterocycles. The van der Waals surface area contributed by atoms with Crippen molar-refractivity contribution in [1.82, 2.24) is 0 Å². The number of hydrogen-bond donors (Lipinski definition) is 1. The minimum Gasteiger partial charge on any atom is -0.481 e. The van der Waals surface area contributed by atoms with Crippen molar-refractivity contribution in [2.75, 3.05) is 0 Å². The van der Waals surface area contributed by atoms with Gasteiger partial charge in [-0.3, -0.25) is 4.79 Å². The zero-order valence-electron chi connectivity index (χ0n) is 9.44. The fourth-order valence-corrected chi connectivity index (χ4v) is 1.26. The number of benzene rings is 1. The van der Waals surface area contributed by atoms with Gasteiger partial charge >= 0.3 is 5.97 Å². The van der Waals surface area contributed by atoms with Crippen molar-refractivity contribution >= 4 is 5.97 Å². The first-order valence-electron chi connectivity index (χ1n) is 5.42. The largest absolute Gasteiger partial charge is 0.481 e. The molecule has 84 valence electrons. The molecule has 0 bridgehead atoms. The molecular formula is C14H16O2. The van der Waals surface area contributed by atoms with E-state index in [-0.39, 0.29) is 5.92 Å². The van der Waals surface area contributed by atoms with Gasteiger partial charge in [-0.25, -0.2) is 0 Å². The second-order valence-electron chi connectivity index (χ2n) is 3.79. The quantitative estimate of drug-likeness (QED) is 0.786. The number of carbonyl (C=O) groups is 1. The van der Waals surface area contributed by atoms with Crippen LogP contribution >= 0.6 is 0 Å². The Kier molecular flexibility index (Phi) is 5.15. The van der Waals surface area contributed by atoms with E-state index in [1.807, 2.05) is 30.3 Å². The molecule has 1 N–H and O–H groups in total. The maximum absolute atomic E-state index is 10.5. The summed E-state index contributed by atoms with van der Waals surface area (Å²) in [4.78, 5) is 10.5. The van der Waals surface area contributed by atoms with Crippen molar-refractivity contribution < 1.29 is 9.90 Å². The van der Waals surface area contributed by atoms with Gasteiger partial charge in [0.2, 0.25) is 0 Å². The zero-order valence-corrected chi connectivity index (χ0v) is 9.44. The Balaban J connectivity index is 2.27. The Bertz CT molecular complexity index is 384. The van der Waals surface area contributed by atoms with Crippen LogP contribution in [-0.4, -0.2) is 11.1 Å². The minimum absolute atomic E-state index is 0.300. The van der Waals surface area contributed by atoms with E-state index in [0.717, 1.165) is 6.42 Å². The summed E-state index contributed by atoms with van der Waals surface area (Å²) in [7, 11) is 0. The first-order chi connectivity index (χ1) is 7.70. The topological polar surface area (TPSA) is 37.3 Å². The van der Waals surface area contributed by atoms with E-state index in [2.05, 4.69) is 11.8 Å². The van der Waals surface area contributed by atoms with Gasteiger partial charge in [0.05, 0.1) is 5.92 Å². The Labute approximate surface area is 96.3 Å². The summed E-state index contributed by atoms with van der Waals surface area (Å²) in [6.45, 7) is 1.71. The van der Waals surface area contributed by atoms with E-state index in [4.69, 9.17) is 5.11 Å². The van der Waals surface area contributed by atoms with Gasteiger partial charge in [-0.2, -0.15) is 0 Å². The van der Waals surface area contributed by atoms with Crippen molar-refractivity contribution in [1.29, 1.82) is 0 Å². The van der Waals surface area contributed by atoms with Gasteiger partial charge in [0.25, 0.3) is 0 Å². The Morgan fingerprint density at radius 1 is 1.31 bits per heavy atom. The van der Waals surface area contributed by atoms with Gasteiger partial charge in [-0.05, 0) is 12.0 Å². The normalized spacial score (nSPS) is 11.3. The van der Waals surface area contributed by atoms with Crippen LogP contribution in [0.4, 0.5) is 0 Å². The van der Waals surface area contributed by atoms with Gasteiger partial charge in [-0.15, -0.1) is 5.92 Å². The van der Waals surface area contributed by atoms with Crippen molar-refractivity contribution in [2.45, 2.75) is 26.2 Å². The smallest absolute Gasteiger partial charge is 0.306 e. The molecule has 0 saturated heterocycles. The standard InChI is InChI=1S/C14H16O2/c1-12(14(15)16)8-4-2-5-9-13-10-6-3-7-11-13/h3,6-7,10-12H,4,8-9H2,1H3,(H,15,16). The van der Waals surface area contributed by atoms with Crippen LogP contribution in [0.2, 0.25) is 0 Å². The Morgan fingerprint density at radius 3 is 2.62 bits per heavy atom. The molecule has 0 aliphatic rings. The molecule has 16 heavy (non-hydrogen) atoms. The lowest BCUT2D eigenvalue weighted by molar-refractivity contribution is -0.141. The third-order valence-electron chi connectivity index (χ3n) is 2.38. The summed E-state index contributed by atoms with van der Waals surface area (Å²) in [6, 6.07) is 10.0. The van der Waals surface area contributed by atoms with E-state index >= 15 is 0 Å². The molecule has 1 aromatic carbocycles.